The van der Waals surface area contributed by atoms with Crippen molar-refractivity contribution in [2.45, 2.75) is 44.6 Å². The van der Waals surface area contributed by atoms with Crippen LogP contribution in [0.15, 0.2) is 0 Å². The highest BCUT2D eigenvalue weighted by atomic mass is 16.4. The van der Waals surface area contributed by atoms with Gasteiger partial charge in [0.1, 0.15) is 0 Å². The molecule has 2 fully saturated rings. The molecule has 1 heterocycles. The van der Waals surface area contributed by atoms with E-state index in [1.54, 1.807) is 0 Å². The van der Waals surface area contributed by atoms with Crippen molar-refractivity contribution in [2.24, 2.45) is 11.8 Å². The summed E-state index contributed by atoms with van der Waals surface area (Å²) in [5.74, 6) is -0.678. The molecule has 1 saturated heterocycles. The highest BCUT2D eigenvalue weighted by Crippen LogP contribution is 2.24. The summed E-state index contributed by atoms with van der Waals surface area (Å²) in [6.45, 7) is 1.78. The highest BCUT2D eigenvalue weighted by molar-refractivity contribution is 5.79. The van der Waals surface area contributed by atoms with Crippen LogP contribution < -0.4 is 10.6 Å². The molecule has 1 aliphatic carbocycles. The molecule has 0 unspecified atom stereocenters. The van der Waals surface area contributed by atoms with E-state index in [4.69, 9.17) is 5.11 Å². The lowest BCUT2D eigenvalue weighted by molar-refractivity contribution is -0.142. The number of carbonyl (C=O) groups is 2. The van der Waals surface area contributed by atoms with Crippen LogP contribution in [0.1, 0.15) is 38.5 Å². The van der Waals surface area contributed by atoms with Gasteiger partial charge in [0.15, 0.2) is 0 Å². The molecule has 5 heteroatoms. The van der Waals surface area contributed by atoms with Crippen LogP contribution in [0.4, 0.5) is 0 Å². The first-order valence-electron chi connectivity index (χ1n) is 6.90. The second kappa shape index (κ2) is 6.18. The van der Waals surface area contributed by atoms with E-state index in [-0.39, 0.29) is 23.8 Å². The topological polar surface area (TPSA) is 78.4 Å². The third-order valence-electron chi connectivity index (χ3n) is 4.09. The van der Waals surface area contributed by atoms with Crippen LogP contribution in [0, 0.1) is 11.8 Å². The van der Waals surface area contributed by atoms with Gasteiger partial charge in [-0.15, -0.1) is 0 Å². The van der Waals surface area contributed by atoms with Gasteiger partial charge in [0.25, 0.3) is 0 Å². The molecule has 3 N–H and O–H groups in total. The molecule has 0 aromatic heterocycles. The second-order valence-electron chi connectivity index (χ2n) is 5.44. The SMILES string of the molecule is O=C(O)C1CCC(NC(=O)[C@@H]2CCCNC2)CC1. The summed E-state index contributed by atoms with van der Waals surface area (Å²) in [4.78, 5) is 22.8. The first kappa shape index (κ1) is 13.3. The number of carboxylic acids is 1. The number of carboxylic acid groups (broad SMARTS) is 1. The van der Waals surface area contributed by atoms with Gasteiger partial charge in [-0.3, -0.25) is 9.59 Å². The first-order chi connectivity index (χ1) is 8.66. The molecule has 1 amide bonds. The smallest absolute Gasteiger partial charge is 0.306 e. The van der Waals surface area contributed by atoms with E-state index in [1.165, 1.54) is 0 Å². The molecule has 0 aromatic carbocycles. The van der Waals surface area contributed by atoms with Gasteiger partial charge in [-0.05, 0) is 45.1 Å². The van der Waals surface area contributed by atoms with Gasteiger partial charge in [-0.25, -0.2) is 0 Å². The summed E-state index contributed by atoms with van der Waals surface area (Å²) < 4.78 is 0. The normalized spacial score (nSPS) is 32.8. The molecule has 0 spiro atoms. The van der Waals surface area contributed by atoms with Gasteiger partial charge in [-0.1, -0.05) is 0 Å². The van der Waals surface area contributed by atoms with Gasteiger partial charge in [0, 0.05) is 12.6 Å². The van der Waals surface area contributed by atoms with Crippen LogP contribution in [-0.4, -0.2) is 36.1 Å². The Balaban J connectivity index is 1.73. The number of piperidine rings is 1. The summed E-state index contributed by atoms with van der Waals surface area (Å²) in [6, 6.07) is 0.176. The minimum Gasteiger partial charge on any atom is -0.481 e. The van der Waals surface area contributed by atoms with Gasteiger partial charge in [0.05, 0.1) is 11.8 Å². The fourth-order valence-corrected chi connectivity index (χ4v) is 2.88. The fraction of sp³-hybridized carbons (Fsp3) is 0.846. The van der Waals surface area contributed by atoms with Crippen molar-refractivity contribution in [3.63, 3.8) is 0 Å². The van der Waals surface area contributed by atoms with E-state index in [0.717, 1.165) is 38.8 Å². The van der Waals surface area contributed by atoms with Crippen LogP contribution in [0.3, 0.4) is 0 Å². The molecule has 18 heavy (non-hydrogen) atoms. The summed E-state index contributed by atoms with van der Waals surface area (Å²) >= 11 is 0. The van der Waals surface area contributed by atoms with Crippen LogP contribution in [0.25, 0.3) is 0 Å². The number of hydrogen-bond donors (Lipinski definition) is 3. The molecule has 0 bridgehead atoms. The lowest BCUT2D eigenvalue weighted by atomic mass is 9.85. The minimum atomic E-state index is -0.698. The Hall–Kier alpha value is -1.10. The van der Waals surface area contributed by atoms with Crippen LogP contribution in [-0.2, 0) is 9.59 Å². The summed E-state index contributed by atoms with van der Waals surface area (Å²) in [5.41, 5.74) is 0. The second-order valence-corrected chi connectivity index (χ2v) is 5.44. The number of rotatable bonds is 3. The molecule has 102 valence electrons. The standard InChI is InChI=1S/C13H22N2O3/c16-12(10-2-1-7-14-8-10)15-11-5-3-9(4-6-11)13(17)18/h9-11,14H,1-8H2,(H,15,16)(H,17,18)/t9?,10-,11?/m1/s1. The average Bonchev–Trinajstić information content (AvgIpc) is 2.40. The van der Waals surface area contributed by atoms with Crippen molar-refractivity contribution in [2.75, 3.05) is 13.1 Å². The summed E-state index contributed by atoms with van der Waals surface area (Å²) in [6.07, 6.45) is 4.98. The maximum absolute atomic E-state index is 12.0. The molecule has 1 atom stereocenters. The quantitative estimate of drug-likeness (QED) is 0.694. The largest absolute Gasteiger partial charge is 0.481 e. The number of hydrogen-bond acceptors (Lipinski definition) is 3. The van der Waals surface area contributed by atoms with E-state index >= 15 is 0 Å². The monoisotopic (exact) mass is 254 g/mol. The Labute approximate surface area is 107 Å². The molecule has 5 nitrogen and oxygen atoms in total. The third-order valence-corrected chi connectivity index (χ3v) is 4.09. The molecule has 0 aromatic rings. The number of amides is 1. The number of nitrogens with one attached hydrogen (secondary N) is 2. The van der Waals surface area contributed by atoms with E-state index in [2.05, 4.69) is 10.6 Å². The van der Waals surface area contributed by atoms with Gasteiger partial charge in [-0.2, -0.15) is 0 Å². The van der Waals surface area contributed by atoms with Gasteiger partial charge in [0.2, 0.25) is 5.91 Å². The van der Waals surface area contributed by atoms with E-state index in [1.807, 2.05) is 0 Å². The predicted molar refractivity (Wildman–Crippen MR) is 67.1 cm³/mol. The third kappa shape index (κ3) is 3.45. The minimum absolute atomic E-state index is 0.0935. The molecule has 0 radical (unpaired) electrons. The average molecular weight is 254 g/mol. The van der Waals surface area contributed by atoms with Crippen LogP contribution in [0.5, 0.6) is 0 Å². The van der Waals surface area contributed by atoms with E-state index in [9.17, 15) is 9.59 Å². The van der Waals surface area contributed by atoms with Crippen LogP contribution in [0.2, 0.25) is 0 Å². The molecule has 1 aliphatic heterocycles. The lowest BCUT2D eigenvalue weighted by Gasteiger charge is -2.29. The van der Waals surface area contributed by atoms with Gasteiger partial charge < -0.3 is 15.7 Å². The molecule has 2 aliphatic rings. The van der Waals surface area contributed by atoms with E-state index < -0.39 is 5.97 Å². The zero-order valence-electron chi connectivity index (χ0n) is 10.7. The lowest BCUT2D eigenvalue weighted by Crippen LogP contribution is -2.45. The molecule has 1 saturated carbocycles. The summed E-state index contributed by atoms with van der Waals surface area (Å²) in [5, 5.41) is 15.2. The molecule has 2 rings (SSSR count). The zero-order chi connectivity index (χ0) is 13.0. The maximum Gasteiger partial charge on any atom is 0.306 e. The van der Waals surface area contributed by atoms with Crippen molar-refractivity contribution < 1.29 is 14.7 Å². The van der Waals surface area contributed by atoms with Gasteiger partial charge >= 0.3 is 5.97 Å². The maximum atomic E-state index is 12.0. The van der Waals surface area contributed by atoms with Crippen molar-refractivity contribution in [1.29, 1.82) is 0 Å². The van der Waals surface area contributed by atoms with Crippen LogP contribution >= 0.6 is 0 Å². The fourth-order valence-electron chi connectivity index (χ4n) is 2.88. The van der Waals surface area contributed by atoms with Crippen molar-refractivity contribution in [3.05, 3.63) is 0 Å². The summed E-state index contributed by atoms with van der Waals surface area (Å²) in [7, 11) is 0. The van der Waals surface area contributed by atoms with Crippen molar-refractivity contribution in [1.82, 2.24) is 10.6 Å². The Morgan fingerprint density at radius 3 is 2.33 bits per heavy atom. The van der Waals surface area contributed by atoms with Crippen molar-refractivity contribution in [3.8, 4) is 0 Å². The Morgan fingerprint density at radius 2 is 1.78 bits per heavy atom. The Bertz CT molecular complexity index is 305. The Morgan fingerprint density at radius 1 is 1.06 bits per heavy atom. The number of carbonyl (C=O) groups excluding carboxylic acids is 1. The molecular formula is C13H22N2O3. The Kier molecular flexibility index (Phi) is 4.58. The highest BCUT2D eigenvalue weighted by Gasteiger charge is 2.28. The van der Waals surface area contributed by atoms with Crippen molar-refractivity contribution >= 4 is 11.9 Å². The van der Waals surface area contributed by atoms with E-state index in [0.29, 0.717) is 12.8 Å². The predicted octanol–water partition coefficient (Wildman–Crippen LogP) is 0.746. The first-order valence-corrected chi connectivity index (χ1v) is 6.90. The zero-order valence-corrected chi connectivity index (χ0v) is 10.7. The number of aliphatic carboxylic acids is 1. The molecular weight excluding hydrogens is 232 g/mol.